The van der Waals surface area contributed by atoms with E-state index in [1.54, 1.807) is 18.2 Å². The molecule has 0 aliphatic carbocycles. The third-order valence-corrected chi connectivity index (χ3v) is 4.11. The maximum atomic E-state index is 12.4. The SMILES string of the molecule is Cc1ccc(NC(=O)c2oc3c(Cl)cccc3c2C)c(Cl)c1. The number of halogens is 2. The number of anilines is 1. The minimum atomic E-state index is -0.351. The average Bonchev–Trinajstić information content (AvgIpc) is 2.81. The number of aryl methyl sites for hydroxylation is 2. The second kappa shape index (κ2) is 5.67. The van der Waals surface area contributed by atoms with E-state index < -0.39 is 0 Å². The first-order valence-electron chi connectivity index (χ1n) is 6.72. The molecule has 0 spiro atoms. The van der Waals surface area contributed by atoms with Gasteiger partial charge in [0.25, 0.3) is 5.91 Å². The number of carbonyl (C=O) groups excluding carboxylic acids is 1. The highest BCUT2D eigenvalue weighted by molar-refractivity contribution is 6.35. The Kier molecular flexibility index (Phi) is 3.85. The van der Waals surface area contributed by atoms with Gasteiger partial charge >= 0.3 is 0 Å². The Labute approximate surface area is 137 Å². The van der Waals surface area contributed by atoms with E-state index in [1.807, 2.05) is 32.0 Å². The van der Waals surface area contributed by atoms with E-state index in [2.05, 4.69) is 5.32 Å². The van der Waals surface area contributed by atoms with Gasteiger partial charge in [-0.2, -0.15) is 0 Å². The van der Waals surface area contributed by atoms with Gasteiger partial charge in [-0.1, -0.05) is 41.4 Å². The predicted octanol–water partition coefficient (Wildman–Crippen LogP) is 5.61. The van der Waals surface area contributed by atoms with Gasteiger partial charge in [-0.3, -0.25) is 4.79 Å². The highest BCUT2D eigenvalue weighted by atomic mass is 35.5. The molecule has 0 bridgehead atoms. The van der Waals surface area contributed by atoms with Crippen molar-refractivity contribution < 1.29 is 9.21 Å². The number of carbonyl (C=O) groups is 1. The number of amides is 1. The second-order valence-electron chi connectivity index (χ2n) is 5.11. The number of para-hydroxylation sites is 1. The van der Waals surface area contributed by atoms with E-state index in [-0.39, 0.29) is 11.7 Å². The Hall–Kier alpha value is -1.97. The number of hydrogen-bond acceptors (Lipinski definition) is 2. The van der Waals surface area contributed by atoms with Crippen LogP contribution in [-0.4, -0.2) is 5.91 Å². The highest BCUT2D eigenvalue weighted by Gasteiger charge is 2.19. The van der Waals surface area contributed by atoms with Crippen molar-refractivity contribution in [1.82, 2.24) is 0 Å². The number of benzene rings is 2. The van der Waals surface area contributed by atoms with Gasteiger partial charge in [-0.05, 0) is 37.6 Å². The number of fused-ring (bicyclic) bond motifs is 1. The maximum Gasteiger partial charge on any atom is 0.291 e. The van der Waals surface area contributed by atoms with Crippen LogP contribution in [0.25, 0.3) is 11.0 Å². The van der Waals surface area contributed by atoms with E-state index in [9.17, 15) is 4.79 Å². The summed E-state index contributed by atoms with van der Waals surface area (Å²) in [6.45, 7) is 3.76. The van der Waals surface area contributed by atoms with E-state index in [1.165, 1.54) is 0 Å². The molecule has 3 rings (SSSR count). The molecular formula is C17H13Cl2NO2. The Morgan fingerprint density at radius 3 is 2.55 bits per heavy atom. The van der Waals surface area contributed by atoms with E-state index in [0.717, 1.165) is 16.5 Å². The van der Waals surface area contributed by atoms with Gasteiger partial charge in [0.1, 0.15) is 0 Å². The van der Waals surface area contributed by atoms with Crippen LogP contribution < -0.4 is 5.32 Å². The molecule has 0 aliphatic rings. The van der Waals surface area contributed by atoms with E-state index >= 15 is 0 Å². The molecule has 3 aromatic rings. The molecule has 1 N–H and O–H groups in total. The third-order valence-electron chi connectivity index (χ3n) is 3.49. The molecule has 0 aliphatic heterocycles. The Morgan fingerprint density at radius 1 is 1.09 bits per heavy atom. The predicted molar refractivity (Wildman–Crippen MR) is 90.1 cm³/mol. The normalized spacial score (nSPS) is 10.9. The van der Waals surface area contributed by atoms with Crippen LogP contribution >= 0.6 is 23.2 Å². The number of furan rings is 1. The molecule has 0 radical (unpaired) electrons. The molecule has 112 valence electrons. The lowest BCUT2D eigenvalue weighted by molar-refractivity contribution is 0.0998. The minimum absolute atomic E-state index is 0.236. The maximum absolute atomic E-state index is 12.4. The van der Waals surface area contributed by atoms with Crippen molar-refractivity contribution in [1.29, 1.82) is 0 Å². The Bertz CT molecular complexity index is 884. The monoisotopic (exact) mass is 333 g/mol. The molecule has 2 aromatic carbocycles. The summed E-state index contributed by atoms with van der Waals surface area (Å²) in [7, 11) is 0. The quantitative estimate of drug-likeness (QED) is 0.662. The third kappa shape index (κ3) is 2.58. The molecule has 0 saturated carbocycles. The van der Waals surface area contributed by atoms with Gasteiger partial charge in [0.05, 0.1) is 15.7 Å². The number of hydrogen-bond donors (Lipinski definition) is 1. The van der Waals surface area contributed by atoms with Gasteiger partial charge in [0, 0.05) is 10.9 Å². The largest absolute Gasteiger partial charge is 0.449 e. The van der Waals surface area contributed by atoms with Gasteiger partial charge in [-0.15, -0.1) is 0 Å². The van der Waals surface area contributed by atoms with Crippen LogP contribution in [0.4, 0.5) is 5.69 Å². The van der Waals surface area contributed by atoms with Crippen LogP contribution in [0.2, 0.25) is 10.0 Å². The Balaban J connectivity index is 1.99. The van der Waals surface area contributed by atoms with E-state index in [0.29, 0.717) is 21.3 Å². The molecule has 22 heavy (non-hydrogen) atoms. The van der Waals surface area contributed by atoms with Crippen LogP contribution in [0, 0.1) is 13.8 Å². The van der Waals surface area contributed by atoms with Crippen LogP contribution in [-0.2, 0) is 0 Å². The van der Waals surface area contributed by atoms with Crippen molar-refractivity contribution in [3.8, 4) is 0 Å². The van der Waals surface area contributed by atoms with Gasteiger partial charge in [0.2, 0.25) is 0 Å². The smallest absolute Gasteiger partial charge is 0.291 e. The fraction of sp³-hybridized carbons (Fsp3) is 0.118. The minimum Gasteiger partial charge on any atom is -0.449 e. The molecule has 5 heteroatoms. The van der Waals surface area contributed by atoms with Crippen LogP contribution in [0.1, 0.15) is 21.7 Å². The van der Waals surface area contributed by atoms with Crippen LogP contribution in [0.3, 0.4) is 0 Å². The fourth-order valence-electron chi connectivity index (χ4n) is 2.33. The topological polar surface area (TPSA) is 42.2 Å². The standard InChI is InChI=1S/C17H13Cl2NO2/c1-9-6-7-14(13(19)8-9)20-17(21)15-10(2)11-4-3-5-12(18)16(11)22-15/h3-8H,1-2H3,(H,20,21). The lowest BCUT2D eigenvalue weighted by Gasteiger charge is -2.06. The van der Waals surface area contributed by atoms with Crippen molar-refractivity contribution in [2.45, 2.75) is 13.8 Å². The molecule has 1 amide bonds. The van der Waals surface area contributed by atoms with Gasteiger partial charge < -0.3 is 9.73 Å². The second-order valence-corrected chi connectivity index (χ2v) is 5.92. The number of nitrogens with one attached hydrogen (secondary N) is 1. The fourth-order valence-corrected chi connectivity index (χ4v) is 2.82. The molecule has 1 heterocycles. The first kappa shape index (κ1) is 14.9. The van der Waals surface area contributed by atoms with Gasteiger partial charge in [-0.25, -0.2) is 0 Å². The van der Waals surface area contributed by atoms with E-state index in [4.69, 9.17) is 27.6 Å². The van der Waals surface area contributed by atoms with Gasteiger partial charge in [0.15, 0.2) is 11.3 Å². The lowest BCUT2D eigenvalue weighted by atomic mass is 10.1. The summed E-state index contributed by atoms with van der Waals surface area (Å²) in [5, 5.41) is 4.56. The van der Waals surface area contributed by atoms with Crippen LogP contribution in [0.5, 0.6) is 0 Å². The molecular weight excluding hydrogens is 321 g/mol. The summed E-state index contributed by atoms with van der Waals surface area (Å²) in [4.78, 5) is 12.4. The molecule has 0 atom stereocenters. The summed E-state index contributed by atoms with van der Waals surface area (Å²) in [6, 6.07) is 10.9. The molecule has 0 fully saturated rings. The summed E-state index contributed by atoms with van der Waals surface area (Å²) < 4.78 is 5.64. The molecule has 0 saturated heterocycles. The molecule has 1 aromatic heterocycles. The van der Waals surface area contributed by atoms with Crippen molar-refractivity contribution in [3.05, 3.63) is 63.3 Å². The van der Waals surface area contributed by atoms with Crippen molar-refractivity contribution in [3.63, 3.8) is 0 Å². The zero-order valence-electron chi connectivity index (χ0n) is 12.0. The summed E-state index contributed by atoms with van der Waals surface area (Å²) in [6.07, 6.45) is 0. The summed E-state index contributed by atoms with van der Waals surface area (Å²) in [5.74, 6) is -0.115. The van der Waals surface area contributed by atoms with Crippen LogP contribution in [0.15, 0.2) is 40.8 Å². The highest BCUT2D eigenvalue weighted by Crippen LogP contribution is 2.31. The average molecular weight is 334 g/mol. The van der Waals surface area contributed by atoms with Crippen molar-refractivity contribution >= 4 is 45.8 Å². The number of rotatable bonds is 2. The molecule has 0 unspecified atom stereocenters. The summed E-state index contributed by atoms with van der Waals surface area (Å²) in [5.41, 5.74) is 2.83. The molecule has 3 nitrogen and oxygen atoms in total. The van der Waals surface area contributed by atoms with Crippen molar-refractivity contribution in [2.75, 3.05) is 5.32 Å². The first-order valence-corrected chi connectivity index (χ1v) is 7.48. The zero-order valence-corrected chi connectivity index (χ0v) is 13.5. The zero-order chi connectivity index (χ0) is 15.9. The summed E-state index contributed by atoms with van der Waals surface area (Å²) >= 11 is 12.2. The van der Waals surface area contributed by atoms with Crippen molar-refractivity contribution in [2.24, 2.45) is 0 Å². The lowest BCUT2D eigenvalue weighted by Crippen LogP contribution is -2.12. The Morgan fingerprint density at radius 2 is 1.86 bits per heavy atom. The first-order chi connectivity index (χ1) is 10.5.